The Balaban J connectivity index is 2.83. The third-order valence-electron chi connectivity index (χ3n) is 2.82. The fourth-order valence-electron chi connectivity index (χ4n) is 1.77. The lowest BCUT2D eigenvalue weighted by Gasteiger charge is -2.11. The number of nitro benzene ring substituents is 1. The van der Waals surface area contributed by atoms with Gasteiger partial charge < -0.3 is 4.74 Å². The van der Waals surface area contributed by atoms with Gasteiger partial charge in [-0.1, -0.05) is 0 Å². The molecular formula is C13H14N2O7. The van der Waals surface area contributed by atoms with Crippen molar-refractivity contribution in [3.63, 3.8) is 0 Å². The van der Waals surface area contributed by atoms with Crippen LogP contribution in [0.2, 0.25) is 0 Å². The Hall–Kier alpha value is -2.84. The molecule has 1 atom stereocenters. The maximum Gasteiger partial charge on any atom is 0.316 e. The molecule has 0 saturated heterocycles. The number of ketones is 1. The molecule has 0 heterocycles. The molecule has 0 aliphatic carbocycles. The van der Waals surface area contributed by atoms with Gasteiger partial charge in [0.1, 0.15) is 5.92 Å². The molecular weight excluding hydrogens is 296 g/mol. The molecule has 0 bridgehead atoms. The molecule has 0 radical (unpaired) electrons. The van der Waals surface area contributed by atoms with E-state index in [1.54, 1.807) is 6.92 Å². The smallest absolute Gasteiger partial charge is 0.316 e. The van der Waals surface area contributed by atoms with Crippen LogP contribution in [-0.4, -0.2) is 34.8 Å². The second kappa shape index (κ2) is 7.81. The number of ether oxygens (including phenoxy) is 1. The first-order valence-corrected chi connectivity index (χ1v) is 6.41. The first-order chi connectivity index (χ1) is 10.3. The minimum Gasteiger partial charge on any atom is -0.466 e. The molecule has 1 aromatic rings. The number of nitro groups is 2. The topological polar surface area (TPSA) is 130 Å². The molecule has 0 spiro atoms. The van der Waals surface area contributed by atoms with Crippen molar-refractivity contribution in [2.45, 2.75) is 13.3 Å². The number of benzene rings is 1. The van der Waals surface area contributed by atoms with Crippen LogP contribution in [0.15, 0.2) is 24.3 Å². The van der Waals surface area contributed by atoms with Crippen molar-refractivity contribution >= 4 is 17.4 Å². The molecule has 1 aromatic carbocycles. The van der Waals surface area contributed by atoms with E-state index in [9.17, 15) is 29.8 Å². The van der Waals surface area contributed by atoms with Gasteiger partial charge in [-0.2, -0.15) is 0 Å². The standard InChI is InChI=1S/C13H14N2O7/c1-2-22-13(17)10(8-14(18)19)7-12(16)9-3-5-11(6-4-9)15(20)21/h3-6,10H,2,7-8H2,1H3/t10-/m1/s1. The van der Waals surface area contributed by atoms with E-state index in [0.29, 0.717) is 0 Å². The molecule has 0 N–H and O–H groups in total. The Morgan fingerprint density at radius 3 is 2.23 bits per heavy atom. The van der Waals surface area contributed by atoms with Crippen LogP contribution in [0.5, 0.6) is 0 Å². The summed E-state index contributed by atoms with van der Waals surface area (Å²) >= 11 is 0. The second-order valence-corrected chi connectivity index (χ2v) is 4.40. The van der Waals surface area contributed by atoms with Gasteiger partial charge in [0.25, 0.3) is 5.69 Å². The first-order valence-electron chi connectivity index (χ1n) is 6.41. The lowest BCUT2D eigenvalue weighted by molar-refractivity contribution is -0.485. The molecule has 9 heteroatoms. The van der Waals surface area contributed by atoms with Gasteiger partial charge in [0.05, 0.1) is 11.5 Å². The van der Waals surface area contributed by atoms with Crippen molar-refractivity contribution in [3.8, 4) is 0 Å². The summed E-state index contributed by atoms with van der Waals surface area (Å²) in [5.74, 6) is -2.51. The molecule has 22 heavy (non-hydrogen) atoms. The average molecular weight is 310 g/mol. The molecule has 0 unspecified atom stereocenters. The Kier molecular flexibility index (Phi) is 6.11. The van der Waals surface area contributed by atoms with Gasteiger partial charge in [-0.25, -0.2) is 0 Å². The van der Waals surface area contributed by atoms with Crippen molar-refractivity contribution in [2.75, 3.05) is 13.2 Å². The predicted octanol–water partition coefficient (Wildman–Crippen LogP) is 1.62. The van der Waals surface area contributed by atoms with E-state index in [4.69, 9.17) is 4.74 Å². The summed E-state index contributed by atoms with van der Waals surface area (Å²) < 4.78 is 4.71. The van der Waals surface area contributed by atoms with E-state index < -0.39 is 40.5 Å². The van der Waals surface area contributed by atoms with Gasteiger partial charge in [-0.05, 0) is 19.1 Å². The van der Waals surface area contributed by atoms with Gasteiger partial charge >= 0.3 is 5.97 Å². The summed E-state index contributed by atoms with van der Waals surface area (Å²) in [4.78, 5) is 43.4. The number of esters is 1. The molecule has 0 aliphatic rings. The highest BCUT2D eigenvalue weighted by Crippen LogP contribution is 2.16. The number of carbonyl (C=O) groups excluding carboxylic acids is 2. The van der Waals surface area contributed by atoms with Crippen LogP contribution >= 0.6 is 0 Å². The minimum absolute atomic E-state index is 0.0543. The summed E-state index contributed by atoms with van der Waals surface area (Å²) in [5, 5.41) is 21.1. The number of rotatable bonds is 8. The second-order valence-electron chi connectivity index (χ2n) is 4.40. The van der Waals surface area contributed by atoms with Crippen LogP contribution < -0.4 is 0 Å². The summed E-state index contributed by atoms with van der Waals surface area (Å²) in [6, 6.07) is 4.80. The van der Waals surface area contributed by atoms with Gasteiger partial charge in [0, 0.05) is 29.0 Å². The first kappa shape index (κ1) is 17.2. The molecule has 118 valence electrons. The molecule has 0 saturated carbocycles. The summed E-state index contributed by atoms with van der Waals surface area (Å²) in [7, 11) is 0. The van der Waals surface area contributed by atoms with Crippen molar-refractivity contribution in [1.82, 2.24) is 0 Å². The van der Waals surface area contributed by atoms with E-state index in [2.05, 4.69) is 0 Å². The van der Waals surface area contributed by atoms with Gasteiger partial charge in [-0.15, -0.1) is 0 Å². The largest absolute Gasteiger partial charge is 0.466 e. The summed E-state index contributed by atoms with van der Waals surface area (Å²) in [5.41, 5.74) is -0.0352. The third kappa shape index (κ3) is 4.93. The SMILES string of the molecule is CCOC(=O)[C@H](CC(=O)c1ccc([N+](=O)[O-])cc1)C[N+](=O)[O-]. The van der Waals surface area contributed by atoms with Crippen LogP contribution in [0.3, 0.4) is 0 Å². The predicted molar refractivity (Wildman–Crippen MR) is 74.0 cm³/mol. The highest BCUT2D eigenvalue weighted by molar-refractivity contribution is 5.98. The zero-order valence-electron chi connectivity index (χ0n) is 11.8. The van der Waals surface area contributed by atoms with E-state index in [1.807, 2.05) is 0 Å². The van der Waals surface area contributed by atoms with Crippen molar-refractivity contribution < 1.29 is 24.2 Å². The molecule has 0 aromatic heterocycles. The maximum atomic E-state index is 12.0. The van der Waals surface area contributed by atoms with Crippen LogP contribution in [0.1, 0.15) is 23.7 Å². The van der Waals surface area contributed by atoms with Gasteiger partial charge in [-0.3, -0.25) is 29.8 Å². The van der Waals surface area contributed by atoms with Crippen molar-refractivity contribution in [3.05, 3.63) is 50.1 Å². The molecule has 0 fully saturated rings. The van der Waals surface area contributed by atoms with E-state index in [-0.39, 0.29) is 17.9 Å². The third-order valence-corrected chi connectivity index (χ3v) is 2.82. The number of nitrogens with zero attached hydrogens (tertiary/aromatic N) is 2. The number of Topliss-reactive ketones (excluding diaryl/α,β-unsaturated/α-hetero) is 1. The lowest BCUT2D eigenvalue weighted by atomic mass is 9.98. The Morgan fingerprint density at radius 1 is 1.18 bits per heavy atom. The van der Waals surface area contributed by atoms with Crippen LogP contribution in [-0.2, 0) is 9.53 Å². The number of hydrogen-bond donors (Lipinski definition) is 0. The van der Waals surface area contributed by atoms with Gasteiger partial charge in [0.15, 0.2) is 5.78 Å². The monoisotopic (exact) mass is 310 g/mol. The Morgan fingerprint density at radius 2 is 1.77 bits per heavy atom. The zero-order valence-corrected chi connectivity index (χ0v) is 11.8. The molecule has 0 aliphatic heterocycles. The van der Waals surface area contributed by atoms with Crippen LogP contribution in [0.25, 0.3) is 0 Å². The van der Waals surface area contributed by atoms with Crippen LogP contribution in [0, 0.1) is 26.1 Å². The average Bonchev–Trinajstić information content (AvgIpc) is 2.46. The highest BCUT2D eigenvalue weighted by Gasteiger charge is 2.28. The normalized spacial score (nSPS) is 11.5. The number of non-ortho nitro benzene ring substituents is 1. The number of carbonyl (C=O) groups is 2. The Labute approximate surface area is 125 Å². The molecule has 1 rings (SSSR count). The van der Waals surface area contributed by atoms with E-state index >= 15 is 0 Å². The Bertz CT molecular complexity index is 583. The van der Waals surface area contributed by atoms with Crippen molar-refractivity contribution in [1.29, 1.82) is 0 Å². The maximum absolute atomic E-state index is 12.0. The van der Waals surface area contributed by atoms with Gasteiger partial charge in [0.2, 0.25) is 6.54 Å². The van der Waals surface area contributed by atoms with E-state index in [1.165, 1.54) is 12.1 Å². The molecule has 0 amide bonds. The molecule has 9 nitrogen and oxygen atoms in total. The lowest BCUT2D eigenvalue weighted by Crippen LogP contribution is -2.27. The zero-order chi connectivity index (χ0) is 16.7. The highest BCUT2D eigenvalue weighted by atomic mass is 16.6. The van der Waals surface area contributed by atoms with E-state index in [0.717, 1.165) is 12.1 Å². The summed E-state index contributed by atoms with van der Waals surface area (Å²) in [6.45, 7) is 0.898. The quantitative estimate of drug-likeness (QED) is 0.308. The van der Waals surface area contributed by atoms with Crippen molar-refractivity contribution in [2.24, 2.45) is 5.92 Å². The van der Waals surface area contributed by atoms with Crippen LogP contribution in [0.4, 0.5) is 5.69 Å². The fourth-order valence-corrected chi connectivity index (χ4v) is 1.77. The fraction of sp³-hybridized carbons (Fsp3) is 0.385. The minimum atomic E-state index is -1.18. The number of hydrogen-bond acceptors (Lipinski definition) is 7. The summed E-state index contributed by atoms with van der Waals surface area (Å²) in [6.07, 6.45) is -0.391.